The molecule has 0 spiro atoms. The highest BCUT2D eigenvalue weighted by Crippen LogP contribution is 2.40. The van der Waals surface area contributed by atoms with Crippen LogP contribution in [0.5, 0.6) is 11.5 Å². The Kier molecular flexibility index (Phi) is 4.99. The molecule has 0 fully saturated rings. The molecule has 0 aliphatic carbocycles. The highest BCUT2D eigenvalue weighted by atomic mass is 19.4. The number of hydrazone groups is 1. The summed E-state index contributed by atoms with van der Waals surface area (Å²) in [7, 11) is 0. The van der Waals surface area contributed by atoms with Crippen molar-refractivity contribution >= 4 is 23.3 Å². The topological polar surface area (TPSA) is 132 Å². The van der Waals surface area contributed by atoms with Gasteiger partial charge < -0.3 is 14.6 Å². The summed E-state index contributed by atoms with van der Waals surface area (Å²) in [5.74, 6) is -3.69. The number of non-ortho nitro benzene ring substituents is 1. The molecule has 1 unspecified atom stereocenters. The Balaban J connectivity index is 1.99. The summed E-state index contributed by atoms with van der Waals surface area (Å²) < 4.78 is 50.8. The molecule has 10 nitrogen and oxygen atoms in total. The number of alkyl halides is 3. The Bertz CT molecular complexity index is 1210. The van der Waals surface area contributed by atoms with Crippen LogP contribution in [0.2, 0.25) is 0 Å². The zero-order chi connectivity index (χ0) is 24.1. The van der Waals surface area contributed by atoms with Crippen LogP contribution in [0.25, 0.3) is 0 Å². The molecule has 4 rings (SSSR count). The molecule has 2 aliphatic rings. The number of ether oxygens (including phenoxy) is 2. The molecule has 13 heteroatoms. The Labute approximate surface area is 183 Å². The van der Waals surface area contributed by atoms with E-state index in [1.807, 2.05) is 0 Å². The van der Waals surface area contributed by atoms with E-state index in [-0.39, 0.29) is 51.4 Å². The molecule has 0 bridgehead atoms. The molecule has 1 atom stereocenters. The van der Waals surface area contributed by atoms with E-state index in [0.29, 0.717) is 0 Å². The molecule has 33 heavy (non-hydrogen) atoms. The van der Waals surface area contributed by atoms with E-state index >= 15 is 0 Å². The van der Waals surface area contributed by atoms with Crippen molar-refractivity contribution in [3.8, 4) is 11.5 Å². The number of nitro groups is 1. The van der Waals surface area contributed by atoms with Gasteiger partial charge in [-0.2, -0.15) is 18.3 Å². The molecule has 2 aromatic carbocycles. The van der Waals surface area contributed by atoms with Crippen molar-refractivity contribution in [2.75, 3.05) is 6.79 Å². The Morgan fingerprint density at radius 2 is 1.79 bits per heavy atom. The summed E-state index contributed by atoms with van der Waals surface area (Å²) in [5, 5.41) is 24.6. The summed E-state index contributed by atoms with van der Waals surface area (Å²) in [6.45, 7) is 0.840. The van der Waals surface area contributed by atoms with Crippen molar-refractivity contribution in [2.45, 2.75) is 25.1 Å². The molecule has 0 aromatic heterocycles. The number of rotatable bonds is 3. The summed E-state index contributed by atoms with van der Waals surface area (Å²) in [6.07, 6.45) is -5.94. The maximum absolute atomic E-state index is 13.4. The summed E-state index contributed by atoms with van der Waals surface area (Å²) in [4.78, 5) is 34.7. The van der Waals surface area contributed by atoms with Gasteiger partial charge in [0.15, 0.2) is 17.0 Å². The Morgan fingerprint density at radius 3 is 2.33 bits per heavy atom. The molecular weight excluding hydrogens is 451 g/mol. The number of amides is 1. The predicted molar refractivity (Wildman–Crippen MR) is 104 cm³/mol. The van der Waals surface area contributed by atoms with Gasteiger partial charge in [-0.25, -0.2) is 9.80 Å². The number of aliphatic carboxylic acids is 1. The van der Waals surface area contributed by atoms with E-state index in [2.05, 4.69) is 5.10 Å². The fourth-order valence-electron chi connectivity index (χ4n) is 3.57. The van der Waals surface area contributed by atoms with Gasteiger partial charge in [0.05, 0.1) is 10.6 Å². The molecule has 2 aromatic rings. The third-order valence-electron chi connectivity index (χ3n) is 5.30. The average molecular weight is 465 g/mol. The average Bonchev–Trinajstić information content (AvgIpc) is 3.15. The van der Waals surface area contributed by atoms with Gasteiger partial charge in [-0.15, -0.1) is 0 Å². The highest BCUT2D eigenvalue weighted by Gasteiger charge is 2.54. The molecule has 0 saturated heterocycles. The number of fused-ring (bicyclic) bond motifs is 2. The minimum atomic E-state index is -5.41. The monoisotopic (exact) mass is 465 g/mol. The first-order chi connectivity index (χ1) is 15.4. The van der Waals surface area contributed by atoms with Crippen LogP contribution in [0.4, 0.5) is 18.9 Å². The highest BCUT2D eigenvalue weighted by molar-refractivity contribution is 6.15. The van der Waals surface area contributed by atoms with Crippen LogP contribution in [0.3, 0.4) is 0 Å². The van der Waals surface area contributed by atoms with Gasteiger partial charge in [0.25, 0.3) is 5.69 Å². The number of nitro benzene ring substituents is 1. The number of benzene rings is 2. The summed E-state index contributed by atoms with van der Waals surface area (Å²) in [6, 6.07) is 7.54. The maximum atomic E-state index is 13.4. The van der Waals surface area contributed by atoms with E-state index in [9.17, 15) is 38.0 Å². The first kappa shape index (κ1) is 22.0. The second-order valence-electron chi connectivity index (χ2n) is 7.49. The van der Waals surface area contributed by atoms with Crippen molar-refractivity contribution < 1.29 is 42.3 Å². The second kappa shape index (κ2) is 7.46. The van der Waals surface area contributed by atoms with E-state index in [1.54, 1.807) is 0 Å². The lowest BCUT2D eigenvalue weighted by molar-refractivity contribution is -0.384. The molecule has 2 aliphatic heterocycles. The van der Waals surface area contributed by atoms with Crippen LogP contribution in [0, 0.1) is 10.1 Å². The van der Waals surface area contributed by atoms with Crippen molar-refractivity contribution in [2.24, 2.45) is 5.10 Å². The quantitative estimate of drug-likeness (QED) is 0.545. The minimum absolute atomic E-state index is 0.0983. The number of carbonyl (C=O) groups excluding carboxylic acids is 1. The smallest absolute Gasteiger partial charge is 0.473 e. The zero-order valence-corrected chi connectivity index (χ0v) is 16.8. The van der Waals surface area contributed by atoms with Crippen LogP contribution < -0.4 is 9.47 Å². The van der Waals surface area contributed by atoms with Crippen molar-refractivity contribution in [1.82, 2.24) is 5.01 Å². The fraction of sp³-hybridized carbons (Fsp3) is 0.250. The minimum Gasteiger partial charge on any atom is -0.479 e. The maximum Gasteiger partial charge on any atom is 0.473 e. The predicted octanol–water partition coefficient (Wildman–Crippen LogP) is 2.87. The Hall–Kier alpha value is -4.16. The molecule has 0 radical (unpaired) electrons. The van der Waals surface area contributed by atoms with Gasteiger partial charge in [0.1, 0.15) is 0 Å². The number of carboxylic acids is 1. The number of halogens is 3. The van der Waals surface area contributed by atoms with Crippen LogP contribution >= 0.6 is 0 Å². The first-order valence-corrected chi connectivity index (χ1v) is 9.33. The largest absolute Gasteiger partial charge is 0.479 e. The molecule has 2 heterocycles. The van der Waals surface area contributed by atoms with Gasteiger partial charge in [-0.05, 0) is 36.8 Å². The van der Waals surface area contributed by atoms with Gasteiger partial charge in [0, 0.05) is 29.7 Å². The van der Waals surface area contributed by atoms with Crippen LogP contribution in [0.1, 0.15) is 23.6 Å². The van der Waals surface area contributed by atoms with Gasteiger partial charge in [-0.3, -0.25) is 14.9 Å². The van der Waals surface area contributed by atoms with Crippen LogP contribution in [-0.2, 0) is 16.0 Å². The van der Waals surface area contributed by atoms with Gasteiger partial charge in [-0.1, -0.05) is 0 Å². The van der Waals surface area contributed by atoms with E-state index in [1.165, 1.54) is 24.3 Å². The zero-order valence-electron chi connectivity index (χ0n) is 16.8. The standard InChI is InChI=1S/C20H14F3N3O7/c1-19(18(28)29)8-11-6-14-15(33-9-32-14)7-13(11)16(24-25(19)17(27)20(21,22)23)10-2-4-12(5-3-10)26(30)31/h2-7H,8-9H2,1H3,(H,28,29). The third-order valence-corrected chi connectivity index (χ3v) is 5.30. The lowest BCUT2D eigenvalue weighted by Gasteiger charge is -2.33. The van der Waals surface area contributed by atoms with Crippen LogP contribution in [0.15, 0.2) is 41.5 Å². The van der Waals surface area contributed by atoms with Crippen molar-refractivity contribution in [3.63, 3.8) is 0 Å². The van der Waals surface area contributed by atoms with Crippen molar-refractivity contribution in [1.29, 1.82) is 0 Å². The van der Waals surface area contributed by atoms with Gasteiger partial charge in [0.2, 0.25) is 6.79 Å². The van der Waals surface area contributed by atoms with Crippen molar-refractivity contribution in [3.05, 3.63) is 63.2 Å². The van der Waals surface area contributed by atoms with E-state index < -0.39 is 34.9 Å². The molecule has 0 saturated carbocycles. The third kappa shape index (κ3) is 3.70. The summed E-state index contributed by atoms with van der Waals surface area (Å²) in [5.41, 5.74) is -2.33. The molecule has 1 amide bonds. The van der Waals surface area contributed by atoms with E-state index in [0.717, 1.165) is 19.1 Å². The van der Waals surface area contributed by atoms with Crippen LogP contribution in [-0.4, -0.2) is 51.1 Å². The first-order valence-electron chi connectivity index (χ1n) is 9.33. The fourth-order valence-corrected chi connectivity index (χ4v) is 3.57. The molecular formula is C20H14F3N3O7. The lowest BCUT2D eigenvalue weighted by Crippen LogP contribution is -2.57. The SMILES string of the molecule is CC1(C(=O)O)Cc2cc3c(cc2C(c2ccc([N+](=O)[O-])cc2)=NN1C(=O)C(F)(F)F)OCO3. The number of hydrogen-bond donors (Lipinski definition) is 1. The normalized spacial score (nSPS) is 19.4. The number of nitrogens with zero attached hydrogens (tertiary/aromatic N) is 3. The number of hydrogen-bond acceptors (Lipinski definition) is 7. The second-order valence-corrected chi connectivity index (χ2v) is 7.49. The Morgan fingerprint density at radius 1 is 1.18 bits per heavy atom. The molecule has 172 valence electrons. The number of carboxylic acid groups (broad SMARTS) is 1. The summed E-state index contributed by atoms with van der Waals surface area (Å²) >= 11 is 0. The molecule has 1 N–H and O–H groups in total. The lowest BCUT2D eigenvalue weighted by atomic mass is 9.88. The van der Waals surface area contributed by atoms with Gasteiger partial charge >= 0.3 is 18.1 Å². The number of carbonyl (C=O) groups is 2. The van der Waals surface area contributed by atoms with E-state index in [4.69, 9.17) is 9.47 Å².